The minimum atomic E-state index is -0.466. The maximum atomic E-state index is 12.7. The topological polar surface area (TPSA) is 90.3 Å². The Balaban J connectivity index is 1.88. The van der Waals surface area contributed by atoms with Gasteiger partial charge in [-0.1, -0.05) is 23.0 Å². The van der Waals surface area contributed by atoms with Gasteiger partial charge >= 0.3 is 5.97 Å². The summed E-state index contributed by atoms with van der Waals surface area (Å²) < 4.78 is 6.68. The SMILES string of the molecule is Cc1cc(C)c2c(c1)c(C)cc(=O)n2CC(=O)Nc1nc(C)c(C(=O)OC(C)C)s1. The van der Waals surface area contributed by atoms with Crippen LogP contribution in [0.15, 0.2) is 23.0 Å². The Labute approximate surface area is 178 Å². The first-order chi connectivity index (χ1) is 14.1. The van der Waals surface area contributed by atoms with E-state index in [-0.39, 0.29) is 24.1 Å². The lowest BCUT2D eigenvalue weighted by molar-refractivity contribution is -0.116. The molecule has 0 bridgehead atoms. The van der Waals surface area contributed by atoms with Crippen molar-refractivity contribution in [3.05, 3.63) is 55.8 Å². The van der Waals surface area contributed by atoms with Gasteiger partial charge in [0.25, 0.3) is 5.56 Å². The van der Waals surface area contributed by atoms with Gasteiger partial charge in [0.15, 0.2) is 5.13 Å². The third kappa shape index (κ3) is 4.43. The normalized spacial score (nSPS) is 11.2. The van der Waals surface area contributed by atoms with E-state index in [9.17, 15) is 14.4 Å². The monoisotopic (exact) mass is 427 g/mol. The molecule has 0 aliphatic heterocycles. The van der Waals surface area contributed by atoms with Crippen molar-refractivity contribution in [3.63, 3.8) is 0 Å². The zero-order chi connectivity index (χ0) is 22.2. The molecule has 1 amide bonds. The number of aromatic nitrogens is 2. The van der Waals surface area contributed by atoms with Gasteiger partial charge in [-0.25, -0.2) is 9.78 Å². The summed E-state index contributed by atoms with van der Waals surface area (Å²) in [7, 11) is 0. The predicted molar refractivity (Wildman–Crippen MR) is 118 cm³/mol. The Morgan fingerprint density at radius 3 is 2.50 bits per heavy atom. The van der Waals surface area contributed by atoms with Crippen LogP contribution < -0.4 is 10.9 Å². The molecule has 2 aromatic heterocycles. The summed E-state index contributed by atoms with van der Waals surface area (Å²) >= 11 is 1.06. The number of aryl methyl sites for hydroxylation is 4. The number of pyridine rings is 1. The summed E-state index contributed by atoms with van der Waals surface area (Å²) in [6.07, 6.45) is -0.245. The van der Waals surface area contributed by atoms with E-state index in [1.165, 1.54) is 4.57 Å². The molecule has 0 spiro atoms. The Kier molecular flexibility index (Phi) is 6.07. The van der Waals surface area contributed by atoms with Gasteiger partial charge in [-0.05, 0) is 58.7 Å². The van der Waals surface area contributed by atoms with Gasteiger partial charge in [-0.15, -0.1) is 0 Å². The first-order valence-corrected chi connectivity index (χ1v) is 10.5. The Hall–Kier alpha value is -3.00. The Bertz CT molecular complexity index is 1210. The van der Waals surface area contributed by atoms with Crippen molar-refractivity contribution in [1.82, 2.24) is 9.55 Å². The minimum Gasteiger partial charge on any atom is -0.459 e. The number of ether oxygens (including phenoxy) is 1. The quantitative estimate of drug-likeness (QED) is 0.624. The smallest absolute Gasteiger partial charge is 0.350 e. The van der Waals surface area contributed by atoms with Crippen molar-refractivity contribution in [1.29, 1.82) is 0 Å². The number of benzene rings is 1. The number of rotatable bonds is 5. The van der Waals surface area contributed by atoms with Crippen LogP contribution in [0, 0.1) is 27.7 Å². The summed E-state index contributed by atoms with van der Waals surface area (Å²) in [6.45, 7) is 10.9. The molecule has 0 saturated carbocycles. The molecular weight excluding hydrogens is 402 g/mol. The molecule has 0 unspecified atom stereocenters. The third-order valence-corrected chi connectivity index (χ3v) is 5.67. The van der Waals surface area contributed by atoms with Crippen LogP contribution >= 0.6 is 11.3 Å². The first-order valence-electron chi connectivity index (χ1n) is 9.66. The van der Waals surface area contributed by atoms with Crippen molar-refractivity contribution >= 4 is 39.2 Å². The molecule has 3 rings (SSSR count). The highest BCUT2D eigenvalue weighted by molar-refractivity contribution is 7.17. The molecule has 30 heavy (non-hydrogen) atoms. The van der Waals surface area contributed by atoms with Crippen LogP contribution in [0.2, 0.25) is 0 Å². The molecule has 158 valence electrons. The zero-order valence-corrected chi connectivity index (χ0v) is 18.8. The van der Waals surface area contributed by atoms with Gasteiger partial charge in [0.05, 0.1) is 17.3 Å². The van der Waals surface area contributed by atoms with Crippen LogP contribution in [0.25, 0.3) is 10.9 Å². The largest absolute Gasteiger partial charge is 0.459 e. The van der Waals surface area contributed by atoms with Crippen LogP contribution in [0.4, 0.5) is 5.13 Å². The van der Waals surface area contributed by atoms with E-state index < -0.39 is 5.97 Å². The van der Waals surface area contributed by atoms with Gasteiger partial charge in [-0.2, -0.15) is 0 Å². The van der Waals surface area contributed by atoms with E-state index in [0.29, 0.717) is 15.7 Å². The molecule has 0 aliphatic carbocycles. The molecule has 1 aromatic carbocycles. The maximum absolute atomic E-state index is 12.7. The zero-order valence-electron chi connectivity index (χ0n) is 18.0. The number of nitrogens with zero attached hydrogens (tertiary/aromatic N) is 2. The van der Waals surface area contributed by atoms with E-state index >= 15 is 0 Å². The van der Waals surface area contributed by atoms with Crippen LogP contribution in [0.5, 0.6) is 0 Å². The number of amides is 1. The first kappa shape index (κ1) is 21.7. The summed E-state index contributed by atoms with van der Waals surface area (Å²) in [5.74, 6) is -0.855. The molecule has 0 aliphatic rings. The highest BCUT2D eigenvalue weighted by Crippen LogP contribution is 2.25. The molecular formula is C22H25N3O4S. The lowest BCUT2D eigenvalue weighted by Gasteiger charge is -2.14. The standard InChI is InChI=1S/C22H25N3O4S/c1-11(2)29-21(28)20-15(6)23-22(30-20)24-17(26)10-25-18(27)9-13(4)16-8-12(3)7-14(5)19(16)25/h7-9,11H,10H2,1-6H3,(H,23,24,26). The van der Waals surface area contributed by atoms with E-state index in [2.05, 4.69) is 10.3 Å². The second kappa shape index (κ2) is 8.39. The molecule has 3 aromatic rings. The van der Waals surface area contributed by atoms with E-state index in [1.54, 1.807) is 26.8 Å². The summed E-state index contributed by atoms with van der Waals surface area (Å²) in [5.41, 5.74) is 3.91. The number of esters is 1. The van der Waals surface area contributed by atoms with Gasteiger partial charge in [0.2, 0.25) is 5.91 Å². The Morgan fingerprint density at radius 1 is 1.13 bits per heavy atom. The van der Waals surface area contributed by atoms with Crippen LogP contribution in [-0.4, -0.2) is 27.5 Å². The fourth-order valence-electron chi connectivity index (χ4n) is 3.44. The van der Waals surface area contributed by atoms with Gasteiger partial charge in [0.1, 0.15) is 11.4 Å². The number of nitrogens with one attached hydrogen (secondary N) is 1. The van der Waals surface area contributed by atoms with Crippen LogP contribution in [0.1, 0.15) is 45.9 Å². The minimum absolute atomic E-state index is 0.149. The number of thiazole rings is 1. The molecule has 0 fully saturated rings. The second-order valence-corrected chi connectivity index (χ2v) is 8.66. The van der Waals surface area contributed by atoms with E-state index in [0.717, 1.165) is 38.9 Å². The Morgan fingerprint density at radius 2 is 1.83 bits per heavy atom. The van der Waals surface area contributed by atoms with Crippen molar-refractivity contribution in [2.24, 2.45) is 0 Å². The number of fused-ring (bicyclic) bond motifs is 1. The fourth-order valence-corrected chi connectivity index (χ4v) is 4.30. The third-order valence-electron chi connectivity index (χ3n) is 4.62. The van der Waals surface area contributed by atoms with Crippen molar-refractivity contribution in [2.45, 2.75) is 54.2 Å². The van der Waals surface area contributed by atoms with Crippen LogP contribution in [-0.2, 0) is 16.1 Å². The highest BCUT2D eigenvalue weighted by atomic mass is 32.1. The number of carbonyl (C=O) groups excluding carboxylic acids is 2. The second-order valence-electron chi connectivity index (χ2n) is 7.67. The molecule has 8 heteroatoms. The number of hydrogen-bond donors (Lipinski definition) is 1. The molecule has 7 nitrogen and oxygen atoms in total. The predicted octanol–water partition coefficient (Wildman–Crippen LogP) is 3.90. The molecule has 2 heterocycles. The number of carbonyl (C=O) groups is 2. The van der Waals surface area contributed by atoms with Crippen molar-refractivity contribution < 1.29 is 14.3 Å². The summed E-state index contributed by atoms with van der Waals surface area (Å²) in [6, 6.07) is 5.55. The van der Waals surface area contributed by atoms with Gasteiger partial charge in [0, 0.05) is 11.5 Å². The van der Waals surface area contributed by atoms with Gasteiger partial charge < -0.3 is 10.1 Å². The van der Waals surface area contributed by atoms with Crippen LogP contribution in [0.3, 0.4) is 0 Å². The van der Waals surface area contributed by atoms with E-state index in [4.69, 9.17) is 4.74 Å². The molecule has 0 saturated heterocycles. The van der Waals surface area contributed by atoms with Gasteiger partial charge in [-0.3, -0.25) is 14.2 Å². The number of hydrogen-bond acceptors (Lipinski definition) is 6. The number of anilines is 1. The molecule has 1 N–H and O–H groups in total. The van der Waals surface area contributed by atoms with E-state index in [1.807, 2.05) is 32.9 Å². The summed E-state index contributed by atoms with van der Waals surface area (Å²) in [5, 5.41) is 3.94. The van der Waals surface area contributed by atoms with Crippen molar-refractivity contribution in [2.75, 3.05) is 5.32 Å². The van der Waals surface area contributed by atoms with Crippen molar-refractivity contribution in [3.8, 4) is 0 Å². The maximum Gasteiger partial charge on any atom is 0.350 e. The average molecular weight is 428 g/mol. The lowest BCUT2D eigenvalue weighted by atomic mass is 10.0. The summed E-state index contributed by atoms with van der Waals surface area (Å²) in [4.78, 5) is 42.1. The molecule has 0 radical (unpaired) electrons. The molecule has 0 atom stereocenters. The lowest BCUT2D eigenvalue weighted by Crippen LogP contribution is -2.28. The fraction of sp³-hybridized carbons (Fsp3) is 0.364. The average Bonchev–Trinajstić information content (AvgIpc) is 2.98. The highest BCUT2D eigenvalue weighted by Gasteiger charge is 2.19.